The van der Waals surface area contributed by atoms with Crippen molar-refractivity contribution >= 4 is 17.3 Å². The highest BCUT2D eigenvalue weighted by Gasteiger charge is 2.17. The minimum absolute atomic E-state index is 0.00599. The molecule has 0 unspecified atom stereocenters. The zero-order chi connectivity index (χ0) is 20.8. The molecule has 1 aromatic heterocycles. The number of hydrogen-bond acceptors (Lipinski definition) is 5. The second-order valence-electron chi connectivity index (χ2n) is 6.56. The molecule has 3 aromatic rings. The maximum Gasteiger partial charge on any atom is 0.292 e. The number of aryl methyl sites for hydroxylation is 1. The number of nitro benzene ring substituents is 1. The van der Waals surface area contributed by atoms with Crippen LogP contribution in [0.1, 0.15) is 28.5 Å². The van der Waals surface area contributed by atoms with E-state index in [1.165, 1.54) is 6.07 Å². The maximum absolute atomic E-state index is 12.6. The second kappa shape index (κ2) is 9.01. The number of carbonyl (C=O) groups is 1. The van der Waals surface area contributed by atoms with E-state index in [2.05, 4.69) is 15.7 Å². The van der Waals surface area contributed by atoms with Gasteiger partial charge in [0.1, 0.15) is 5.69 Å². The van der Waals surface area contributed by atoms with Crippen LogP contribution in [0.25, 0.3) is 5.69 Å². The van der Waals surface area contributed by atoms with Crippen molar-refractivity contribution in [3.63, 3.8) is 0 Å². The van der Waals surface area contributed by atoms with Gasteiger partial charge in [-0.2, -0.15) is 5.10 Å². The molecule has 3 rings (SSSR count). The summed E-state index contributed by atoms with van der Waals surface area (Å²) in [5.41, 5.74) is 3.85. The largest absolute Gasteiger partial charge is 0.378 e. The first-order valence-electron chi connectivity index (χ1n) is 9.40. The second-order valence-corrected chi connectivity index (χ2v) is 6.56. The zero-order valence-corrected chi connectivity index (χ0v) is 16.4. The molecule has 1 amide bonds. The Bertz CT molecular complexity index is 1010. The number of anilines is 1. The normalized spacial score (nSPS) is 10.6. The number of hydrogen-bond donors (Lipinski definition) is 2. The third kappa shape index (κ3) is 4.60. The van der Waals surface area contributed by atoms with E-state index in [0.29, 0.717) is 30.8 Å². The summed E-state index contributed by atoms with van der Waals surface area (Å²) in [5, 5.41) is 21.3. The predicted molar refractivity (Wildman–Crippen MR) is 112 cm³/mol. The SMILES string of the molecule is CCc1c(C(=O)NCCNc2ccccc2[N+](=O)[O-])cnn1-c1ccc(C)cc1. The number of carbonyl (C=O) groups excluding carboxylic acids is 1. The van der Waals surface area contributed by atoms with Gasteiger partial charge in [-0.1, -0.05) is 36.8 Å². The molecule has 0 saturated carbocycles. The molecule has 2 N–H and O–H groups in total. The zero-order valence-electron chi connectivity index (χ0n) is 16.4. The van der Waals surface area contributed by atoms with Crippen LogP contribution in [0.2, 0.25) is 0 Å². The molecule has 0 aliphatic carbocycles. The first kappa shape index (κ1) is 20.1. The van der Waals surface area contributed by atoms with Gasteiger partial charge in [0.05, 0.1) is 28.1 Å². The van der Waals surface area contributed by atoms with Gasteiger partial charge in [0.15, 0.2) is 0 Å². The minimum atomic E-state index is -0.437. The topological polar surface area (TPSA) is 102 Å². The van der Waals surface area contributed by atoms with Crippen LogP contribution in [0, 0.1) is 17.0 Å². The highest BCUT2D eigenvalue weighted by molar-refractivity contribution is 5.95. The Kier molecular flexibility index (Phi) is 6.23. The minimum Gasteiger partial charge on any atom is -0.378 e. The number of nitro groups is 1. The lowest BCUT2D eigenvalue weighted by Gasteiger charge is -2.10. The van der Waals surface area contributed by atoms with E-state index in [-0.39, 0.29) is 11.6 Å². The van der Waals surface area contributed by atoms with E-state index in [1.54, 1.807) is 29.1 Å². The molecule has 8 nitrogen and oxygen atoms in total. The van der Waals surface area contributed by atoms with Crippen LogP contribution >= 0.6 is 0 Å². The lowest BCUT2D eigenvalue weighted by atomic mass is 10.1. The van der Waals surface area contributed by atoms with Crippen LogP contribution in [-0.4, -0.2) is 33.7 Å². The number of para-hydroxylation sites is 2. The molecule has 2 aromatic carbocycles. The molecule has 0 aliphatic heterocycles. The van der Waals surface area contributed by atoms with Gasteiger partial charge in [0, 0.05) is 19.2 Å². The third-order valence-corrected chi connectivity index (χ3v) is 4.55. The molecule has 0 fully saturated rings. The summed E-state index contributed by atoms with van der Waals surface area (Å²) in [4.78, 5) is 23.2. The molecule has 1 heterocycles. The van der Waals surface area contributed by atoms with Crippen LogP contribution in [0.3, 0.4) is 0 Å². The van der Waals surface area contributed by atoms with Crippen LogP contribution < -0.4 is 10.6 Å². The quantitative estimate of drug-likeness (QED) is 0.346. The van der Waals surface area contributed by atoms with E-state index in [0.717, 1.165) is 16.9 Å². The van der Waals surface area contributed by atoms with Crippen molar-refractivity contribution in [2.45, 2.75) is 20.3 Å². The molecule has 0 spiro atoms. The molecule has 0 bridgehead atoms. The van der Waals surface area contributed by atoms with Crippen LogP contribution in [0.4, 0.5) is 11.4 Å². The smallest absolute Gasteiger partial charge is 0.292 e. The summed E-state index contributed by atoms with van der Waals surface area (Å²) in [6, 6.07) is 14.4. The average molecular weight is 393 g/mol. The molecular formula is C21H23N5O3. The van der Waals surface area contributed by atoms with Crippen molar-refractivity contribution in [3.8, 4) is 5.69 Å². The Morgan fingerprint density at radius 2 is 1.86 bits per heavy atom. The third-order valence-electron chi connectivity index (χ3n) is 4.55. The van der Waals surface area contributed by atoms with Gasteiger partial charge >= 0.3 is 0 Å². The highest BCUT2D eigenvalue weighted by Crippen LogP contribution is 2.22. The van der Waals surface area contributed by atoms with Gasteiger partial charge in [0.25, 0.3) is 11.6 Å². The van der Waals surface area contributed by atoms with Crippen LogP contribution in [-0.2, 0) is 6.42 Å². The molecule has 150 valence electrons. The van der Waals surface area contributed by atoms with Crippen molar-refractivity contribution < 1.29 is 9.72 Å². The molecular weight excluding hydrogens is 370 g/mol. The lowest BCUT2D eigenvalue weighted by Crippen LogP contribution is -2.29. The maximum atomic E-state index is 12.6. The molecule has 8 heteroatoms. The Morgan fingerprint density at radius 3 is 2.55 bits per heavy atom. The molecule has 0 radical (unpaired) electrons. The number of amides is 1. The monoisotopic (exact) mass is 393 g/mol. The summed E-state index contributed by atoms with van der Waals surface area (Å²) in [7, 11) is 0. The fourth-order valence-corrected chi connectivity index (χ4v) is 3.06. The molecule has 29 heavy (non-hydrogen) atoms. The Morgan fingerprint density at radius 1 is 1.14 bits per heavy atom. The van der Waals surface area contributed by atoms with E-state index in [1.807, 2.05) is 38.1 Å². The van der Waals surface area contributed by atoms with Crippen LogP contribution in [0.15, 0.2) is 54.7 Å². The molecule has 0 aliphatic rings. The average Bonchev–Trinajstić information content (AvgIpc) is 3.16. The van der Waals surface area contributed by atoms with Gasteiger partial charge in [-0.05, 0) is 31.5 Å². The van der Waals surface area contributed by atoms with Gasteiger partial charge in [0.2, 0.25) is 0 Å². The number of rotatable bonds is 8. The standard InChI is InChI=1S/C21H23N5O3/c1-3-19-17(14-24-25(19)16-10-8-15(2)9-11-16)21(27)23-13-12-22-18-6-4-5-7-20(18)26(28)29/h4-11,14,22H,3,12-13H2,1-2H3,(H,23,27). The summed E-state index contributed by atoms with van der Waals surface area (Å²) in [6.45, 7) is 4.69. The highest BCUT2D eigenvalue weighted by atomic mass is 16.6. The predicted octanol–water partition coefficient (Wildman–Crippen LogP) is 3.49. The number of benzene rings is 2. The van der Waals surface area contributed by atoms with E-state index >= 15 is 0 Å². The first-order chi connectivity index (χ1) is 14.0. The number of aromatic nitrogens is 2. The molecule has 0 atom stereocenters. The van der Waals surface area contributed by atoms with E-state index < -0.39 is 4.92 Å². The Balaban J connectivity index is 1.63. The van der Waals surface area contributed by atoms with Crippen molar-refractivity contribution in [2.75, 3.05) is 18.4 Å². The van der Waals surface area contributed by atoms with E-state index in [4.69, 9.17) is 0 Å². The lowest BCUT2D eigenvalue weighted by molar-refractivity contribution is -0.384. The van der Waals surface area contributed by atoms with Gasteiger partial charge < -0.3 is 10.6 Å². The summed E-state index contributed by atoms with van der Waals surface area (Å²) in [5.74, 6) is -0.218. The van der Waals surface area contributed by atoms with Crippen molar-refractivity contribution in [3.05, 3.63) is 81.7 Å². The van der Waals surface area contributed by atoms with E-state index in [9.17, 15) is 14.9 Å². The van der Waals surface area contributed by atoms with Crippen molar-refractivity contribution in [2.24, 2.45) is 0 Å². The number of nitrogens with zero attached hydrogens (tertiary/aromatic N) is 3. The summed E-state index contributed by atoms with van der Waals surface area (Å²) < 4.78 is 1.78. The fourth-order valence-electron chi connectivity index (χ4n) is 3.06. The van der Waals surface area contributed by atoms with Gasteiger partial charge in [-0.15, -0.1) is 0 Å². The van der Waals surface area contributed by atoms with Crippen molar-refractivity contribution in [1.82, 2.24) is 15.1 Å². The Hall–Kier alpha value is -3.68. The summed E-state index contributed by atoms with van der Waals surface area (Å²) >= 11 is 0. The Labute approximate surface area is 168 Å². The molecule has 0 saturated heterocycles. The fraction of sp³-hybridized carbons (Fsp3) is 0.238. The van der Waals surface area contributed by atoms with Gasteiger partial charge in [-0.3, -0.25) is 14.9 Å². The van der Waals surface area contributed by atoms with Gasteiger partial charge in [-0.25, -0.2) is 4.68 Å². The summed E-state index contributed by atoms with van der Waals surface area (Å²) in [6.07, 6.45) is 2.23. The first-order valence-corrected chi connectivity index (χ1v) is 9.40. The van der Waals surface area contributed by atoms with Crippen molar-refractivity contribution in [1.29, 1.82) is 0 Å². The number of nitrogens with one attached hydrogen (secondary N) is 2. The van der Waals surface area contributed by atoms with Crippen LogP contribution in [0.5, 0.6) is 0 Å².